The summed E-state index contributed by atoms with van der Waals surface area (Å²) in [7, 11) is 3.75. The van der Waals surface area contributed by atoms with Gasteiger partial charge in [-0.25, -0.2) is 4.98 Å². The van der Waals surface area contributed by atoms with Gasteiger partial charge in [-0.2, -0.15) is 4.98 Å². The molecule has 1 fully saturated rings. The molecule has 1 aliphatic rings. The predicted octanol–water partition coefficient (Wildman–Crippen LogP) is 1.82. The number of hydrogen-bond donors (Lipinski definition) is 0. The number of piperidine rings is 1. The van der Waals surface area contributed by atoms with Crippen LogP contribution in [0, 0.1) is 10.1 Å². The van der Waals surface area contributed by atoms with E-state index in [1.807, 2.05) is 19.0 Å². The van der Waals surface area contributed by atoms with Gasteiger partial charge in [0, 0.05) is 39.2 Å². The number of anilines is 2. The maximum Gasteiger partial charge on any atom is 0.287 e. The molecule has 3 rings (SSSR count). The van der Waals surface area contributed by atoms with Crippen LogP contribution in [0.3, 0.4) is 0 Å². The van der Waals surface area contributed by atoms with Crippen LogP contribution in [0.2, 0.25) is 0 Å². The molecule has 1 saturated heterocycles. The van der Waals surface area contributed by atoms with Crippen molar-refractivity contribution in [2.75, 3.05) is 37.0 Å². The molecule has 3 heterocycles. The summed E-state index contributed by atoms with van der Waals surface area (Å²) in [4.78, 5) is 22.7. The van der Waals surface area contributed by atoms with Gasteiger partial charge in [-0.1, -0.05) is 0 Å². The van der Waals surface area contributed by atoms with E-state index in [1.165, 1.54) is 12.3 Å². The van der Waals surface area contributed by atoms with Crippen molar-refractivity contribution in [1.82, 2.24) is 15.1 Å². The zero-order valence-corrected chi connectivity index (χ0v) is 13.0. The Morgan fingerprint density at radius 1 is 1.35 bits per heavy atom. The smallest absolute Gasteiger partial charge is 0.287 e. The van der Waals surface area contributed by atoms with E-state index in [2.05, 4.69) is 20.0 Å². The second-order valence-electron chi connectivity index (χ2n) is 5.72. The van der Waals surface area contributed by atoms with Gasteiger partial charge in [-0.05, 0) is 24.1 Å². The average molecular weight is 318 g/mol. The lowest BCUT2D eigenvalue weighted by atomic mass is 9.97. The Morgan fingerprint density at radius 2 is 2.09 bits per heavy atom. The molecule has 0 bridgehead atoms. The second-order valence-corrected chi connectivity index (χ2v) is 5.72. The summed E-state index contributed by atoms with van der Waals surface area (Å²) in [6, 6.07) is 3.17. The molecule has 0 aliphatic carbocycles. The molecule has 122 valence electrons. The summed E-state index contributed by atoms with van der Waals surface area (Å²) in [5.41, 5.74) is 0.00529. The van der Waals surface area contributed by atoms with Gasteiger partial charge in [0.05, 0.1) is 4.92 Å². The summed E-state index contributed by atoms with van der Waals surface area (Å²) in [6.07, 6.45) is 3.06. The predicted molar refractivity (Wildman–Crippen MR) is 83.7 cm³/mol. The fraction of sp³-hybridized carbons (Fsp3) is 0.500. The third kappa shape index (κ3) is 3.22. The van der Waals surface area contributed by atoms with E-state index in [9.17, 15) is 10.1 Å². The van der Waals surface area contributed by atoms with Gasteiger partial charge in [-0.3, -0.25) is 10.1 Å². The Kier molecular flexibility index (Phi) is 4.09. The Labute approximate surface area is 133 Å². The minimum atomic E-state index is -0.444. The molecule has 9 heteroatoms. The summed E-state index contributed by atoms with van der Waals surface area (Å²) >= 11 is 0. The van der Waals surface area contributed by atoms with E-state index >= 15 is 0 Å². The van der Waals surface area contributed by atoms with E-state index in [-0.39, 0.29) is 11.6 Å². The van der Waals surface area contributed by atoms with Gasteiger partial charge in [0.15, 0.2) is 0 Å². The lowest BCUT2D eigenvalue weighted by Crippen LogP contribution is -2.33. The minimum absolute atomic E-state index is 0.00529. The van der Waals surface area contributed by atoms with Crippen LogP contribution in [-0.4, -0.2) is 47.2 Å². The van der Waals surface area contributed by atoms with E-state index in [1.54, 1.807) is 6.07 Å². The maximum atomic E-state index is 10.7. The van der Waals surface area contributed by atoms with Gasteiger partial charge in [0.2, 0.25) is 5.89 Å². The molecule has 0 spiro atoms. The van der Waals surface area contributed by atoms with Gasteiger partial charge in [0.25, 0.3) is 11.6 Å². The molecule has 0 aromatic carbocycles. The lowest BCUT2D eigenvalue weighted by molar-refractivity contribution is -0.385. The first-order valence-corrected chi connectivity index (χ1v) is 7.41. The first kappa shape index (κ1) is 15.2. The number of rotatable bonds is 4. The Balaban J connectivity index is 1.62. The number of nitrogens with zero attached hydrogens (tertiary/aromatic N) is 6. The molecule has 0 radical (unpaired) electrons. The summed E-state index contributed by atoms with van der Waals surface area (Å²) < 4.78 is 5.34. The third-order valence-electron chi connectivity index (χ3n) is 3.94. The Bertz CT molecular complexity index is 676. The van der Waals surface area contributed by atoms with Crippen LogP contribution in [0.15, 0.2) is 22.9 Å². The van der Waals surface area contributed by atoms with Crippen molar-refractivity contribution in [2.45, 2.75) is 18.8 Å². The monoisotopic (exact) mass is 318 g/mol. The zero-order valence-electron chi connectivity index (χ0n) is 13.0. The number of hydrogen-bond acceptors (Lipinski definition) is 8. The molecule has 23 heavy (non-hydrogen) atoms. The first-order chi connectivity index (χ1) is 11.0. The molecule has 2 aromatic heterocycles. The van der Waals surface area contributed by atoms with Crippen LogP contribution in [0.4, 0.5) is 17.5 Å². The van der Waals surface area contributed by atoms with Crippen LogP contribution in [0.1, 0.15) is 24.7 Å². The molecule has 0 saturated carbocycles. The Hall–Kier alpha value is -2.71. The van der Waals surface area contributed by atoms with E-state index < -0.39 is 4.92 Å². The molecular formula is C14H18N6O3. The second kappa shape index (κ2) is 6.19. The molecule has 9 nitrogen and oxygen atoms in total. The molecule has 1 aliphatic heterocycles. The molecule has 0 amide bonds. The fourth-order valence-electron chi connectivity index (χ4n) is 2.60. The number of pyridine rings is 1. The van der Waals surface area contributed by atoms with Gasteiger partial charge in [0.1, 0.15) is 12.0 Å². The molecule has 2 aromatic rings. The van der Waals surface area contributed by atoms with Crippen molar-refractivity contribution in [3.63, 3.8) is 0 Å². The maximum absolute atomic E-state index is 10.7. The topological polar surface area (TPSA) is 101 Å². The highest BCUT2D eigenvalue weighted by Crippen LogP contribution is 2.29. The van der Waals surface area contributed by atoms with Crippen LogP contribution >= 0.6 is 0 Å². The number of aromatic nitrogens is 3. The van der Waals surface area contributed by atoms with Crippen LogP contribution in [0.5, 0.6) is 0 Å². The van der Waals surface area contributed by atoms with E-state index in [4.69, 9.17) is 4.52 Å². The average Bonchev–Trinajstić information content (AvgIpc) is 3.05. The molecule has 0 N–H and O–H groups in total. The van der Waals surface area contributed by atoms with Crippen molar-refractivity contribution in [2.24, 2.45) is 0 Å². The third-order valence-corrected chi connectivity index (χ3v) is 3.94. The van der Waals surface area contributed by atoms with E-state index in [0.717, 1.165) is 31.7 Å². The van der Waals surface area contributed by atoms with Crippen molar-refractivity contribution >= 4 is 17.5 Å². The van der Waals surface area contributed by atoms with Crippen molar-refractivity contribution in [3.8, 4) is 0 Å². The zero-order chi connectivity index (χ0) is 16.4. The van der Waals surface area contributed by atoms with Crippen molar-refractivity contribution in [3.05, 3.63) is 34.3 Å². The number of nitro groups is 1. The highest BCUT2D eigenvalue weighted by atomic mass is 16.6. The lowest BCUT2D eigenvalue weighted by Gasteiger charge is -2.31. The molecule has 0 atom stereocenters. The first-order valence-electron chi connectivity index (χ1n) is 7.41. The highest BCUT2D eigenvalue weighted by molar-refractivity contribution is 5.43. The van der Waals surface area contributed by atoms with Crippen LogP contribution in [-0.2, 0) is 0 Å². The van der Waals surface area contributed by atoms with Gasteiger partial charge >= 0.3 is 0 Å². The van der Waals surface area contributed by atoms with E-state index in [0.29, 0.717) is 11.8 Å². The molecular weight excluding hydrogens is 300 g/mol. The quantitative estimate of drug-likeness (QED) is 0.621. The van der Waals surface area contributed by atoms with Crippen molar-refractivity contribution < 1.29 is 9.45 Å². The highest BCUT2D eigenvalue weighted by Gasteiger charge is 2.26. The standard InChI is InChI=1S/C14H18N6O3/c1-18(2)14-16-13(23-17-14)10-5-7-19(8-6-10)12-4-3-11(9-15-12)20(21)22/h3-4,9-10H,5-8H2,1-2H3. The normalized spacial score (nSPS) is 15.7. The van der Waals surface area contributed by atoms with Crippen LogP contribution < -0.4 is 9.80 Å². The van der Waals surface area contributed by atoms with Crippen LogP contribution in [0.25, 0.3) is 0 Å². The largest absolute Gasteiger partial charge is 0.357 e. The van der Waals surface area contributed by atoms with Gasteiger partial charge < -0.3 is 14.3 Å². The SMILES string of the molecule is CN(C)c1noc(C2CCN(c3ccc([N+](=O)[O-])cn3)CC2)n1. The summed E-state index contributed by atoms with van der Waals surface area (Å²) in [5, 5.41) is 14.6. The molecule has 0 unspecified atom stereocenters. The van der Waals surface area contributed by atoms with Gasteiger partial charge in [-0.15, -0.1) is 0 Å². The fourth-order valence-corrected chi connectivity index (χ4v) is 2.60. The summed E-state index contributed by atoms with van der Waals surface area (Å²) in [5.74, 6) is 2.25. The minimum Gasteiger partial charge on any atom is -0.357 e. The summed E-state index contributed by atoms with van der Waals surface area (Å²) in [6.45, 7) is 1.60. The van der Waals surface area contributed by atoms with Crippen molar-refractivity contribution in [1.29, 1.82) is 0 Å². The Morgan fingerprint density at radius 3 is 2.61 bits per heavy atom.